The second-order valence-electron chi connectivity index (χ2n) is 11.0. The van der Waals surface area contributed by atoms with Gasteiger partial charge in [-0.3, -0.25) is 4.79 Å². The van der Waals surface area contributed by atoms with Crippen LogP contribution in [-0.4, -0.2) is 87.1 Å². The van der Waals surface area contributed by atoms with E-state index in [-0.39, 0.29) is 13.3 Å². The van der Waals surface area contributed by atoms with Gasteiger partial charge in [0.1, 0.15) is 0 Å². The number of hydrogen-bond acceptors (Lipinski definition) is 4. The lowest BCUT2D eigenvalue weighted by Gasteiger charge is -2.28. The van der Waals surface area contributed by atoms with Crippen molar-refractivity contribution in [2.45, 2.75) is 130 Å². The van der Waals surface area contributed by atoms with Gasteiger partial charge in [0.15, 0.2) is 0 Å². The molecule has 1 rings (SSSR count). The highest BCUT2D eigenvalue weighted by Gasteiger charge is 2.18. The Hall–Kier alpha value is -0.650. The smallest absolute Gasteiger partial charge is 0.221 e. The Morgan fingerprint density at radius 2 is 1.17 bits per heavy atom. The lowest BCUT2D eigenvalue weighted by Crippen LogP contribution is -2.39. The van der Waals surface area contributed by atoms with Crippen LogP contribution in [0.1, 0.15) is 124 Å². The van der Waals surface area contributed by atoms with Crippen molar-refractivity contribution in [2.75, 3.05) is 60.4 Å². The molecule has 1 amide bonds. The number of unbranched alkanes of at least 4 members (excludes halogenated alkanes) is 10. The van der Waals surface area contributed by atoms with Gasteiger partial charge in [-0.05, 0) is 86.0 Å². The van der Waals surface area contributed by atoms with Crippen LogP contribution in [0.3, 0.4) is 0 Å². The molecule has 35 heavy (non-hydrogen) atoms. The second kappa shape index (κ2) is 23.7. The van der Waals surface area contributed by atoms with Gasteiger partial charge in [0.2, 0.25) is 5.91 Å². The summed E-state index contributed by atoms with van der Waals surface area (Å²) in [6, 6.07) is 0.377. The highest BCUT2D eigenvalue weighted by Crippen LogP contribution is 2.16. The van der Waals surface area contributed by atoms with Crippen molar-refractivity contribution in [2.24, 2.45) is 0 Å². The van der Waals surface area contributed by atoms with E-state index in [9.17, 15) is 4.79 Å². The number of hydrogen-bond donors (Lipinski definition) is 1. The Kier molecular flexibility index (Phi) is 23.3. The molecule has 1 N–H and O–H groups in total. The van der Waals surface area contributed by atoms with Gasteiger partial charge in [0.05, 0.1) is 0 Å². The van der Waals surface area contributed by atoms with E-state index in [1.54, 1.807) is 0 Å². The molecule has 1 saturated heterocycles. The van der Waals surface area contributed by atoms with Gasteiger partial charge >= 0.3 is 0 Å². The third kappa shape index (κ3) is 20.1. The Labute approximate surface area is 220 Å². The molecule has 1 heterocycles. The van der Waals surface area contributed by atoms with Crippen molar-refractivity contribution in [3.63, 3.8) is 0 Å². The first kappa shape index (κ1) is 34.4. The first-order chi connectivity index (χ1) is 16.5. The molecule has 5 heteroatoms. The minimum Gasteiger partial charge on any atom is -0.356 e. The van der Waals surface area contributed by atoms with Crippen LogP contribution in [0.15, 0.2) is 0 Å². The Bertz CT molecular complexity index is 473. The van der Waals surface area contributed by atoms with E-state index < -0.39 is 0 Å². The molecule has 0 aromatic heterocycles. The van der Waals surface area contributed by atoms with Gasteiger partial charge < -0.3 is 20.0 Å². The Balaban J connectivity index is 0.0000116. The molecule has 1 atom stereocenters. The molecule has 0 bridgehead atoms. The van der Waals surface area contributed by atoms with Crippen molar-refractivity contribution in [1.29, 1.82) is 0 Å². The number of carbonyl (C=O) groups excluding carboxylic acids is 1. The minimum atomic E-state index is 0. The van der Waals surface area contributed by atoms with Gasteiger partial charge in [-0.1, -0.05) is 85.0 Å². The zero-order valence-corrected chi connectivity index (χ0v) is 23.6. The molecule has 210 valence electrons. The van der Waals surface area contributed by atoms with Gasteiger partial charge in [-0.2, -0.15) is 0 Å². The van der Waals surface area contributed by atoms with Crippen LogP contribution in [0.25, 0.3) is 0 Å². The van der Waals surface area contributed by atoms with Gasteiger partial charge in [-0.15, -0.1) is 0 Å². The van der Waals surface area contributed by atoms with E-state index in [2.05, 4.69) is 48.1 Å². The molecule has 1 unspecified atom stereocenters. The first-order valence-electron chi connectivity index (χ1n) is 14.9. The summed E-state index contributed by atoms with van der Waals surface area (Å²) in [5.74, 6) is 0.240. The maximum atomic E-state index is 12.7. The fourth-order valence-electron chi connectivity index (χ4n) is 5.15. The molecule has 1 aliphatic heterocycles. The van der Waals surface area contributed by atoms with Crippen molar-refractivity contribution >= 4 is 5.91 Å². The summed E-state index contributed by atoms with van der Waals surface area (Å²) in [6.07, 6.45) is 21.7. The molecular weight excluding hydrogens is 432 g/mol. The number of nitrogens with one attached hydrogen (secondary N) is 1. The van der Waals surface area contributed by atoms with Crippen molar-refractivity contribution in [3.8, 4) is 0 Å². The number of rotatable bonds is 12. The molecule has 0 aliphatic carbocycles. The number of carbonyl (C=O) groups is 1. The highest BCUT2D eigenvalue weighted by atomic mass is 16.1. The van der Waals surface area contributed by atoms with E-state index in [1.165, 1.54) is 96.4 Å². The summed E-state index contributed by atoms with van der Waals surface area (Å²) >= 11 is 0. The summed E-state index contributed by atoms with van der Waals surface area (Å²) in [6.45, 7) is 8.75. The van der Waals surface area contributed by atoms with Crippen molar-refractivity contribution in [1.82, 2.24) is 20.0 Å². The largest absolute Gasteiger partial charge is 0.356 e. The molecular formula is C30H64N4O. The van der Waals surface area contributed by atoms with E-state index in [0.717, 1.165) is 45.6 Å². The van der Waals surface area contributed by atoms with E-state index >= 15 is 0 Å². The quantitative estimate of drug-likeness (QED) is 0.310. The summed E-state index contributed by atoms with van der Waals surface area (Å²) in [5, 5.41) is 3.20. The Morgan fingerprint density at radius 3 is 1.74 bits per heavy atom. The number of nitrogens with zero attached hydrogens (tertiary/aromatic N) is 3. The molecule has 0 saturated carbocycles. The third-order valence-electron chi connectivity index (χ3n) is 7.60. The summed E-state index contributed by atoms with van der Waals surface area (Å²) < 4.78 is 0. The third-order valence-corrected chi connectivity index (χ3v) is 7.60. The maximum Gasteiger partial charge on any atom is 0.221 e. The van der Waals surface area contributed by atoms with Crippen molar-refractivity contribution < 1.29 is 4.79 Å². The first-order valence-corrected chi connectivity index (χ1v) is 14.9. The monoisotopic (exact) mass is 497 g/mol. The van der Waals surface area contributed by atoms with Gasteiger partial charge in [0.25, 0.3) is 0 Å². The number of amides is 1. The topological polar surface area (TPSA) is 38.8 Å². The minimum absolute atomic E-state index is 0. The fraction of sp³-hybridized carbons (Fsp3) is 0.967. The maximum absolute atomic E-state index is 12.7. The summed E-state index contributed by atoms with van der Waals surface area (Å²) in [5.41, 5.74) is 0. The summed E-state index contributed by atoms with van der Waals surface area (Å²) in [4.78, 5) is 20.0. The summed E-state index contributed by atoms with van der Waals surface area (Å²) in [7, 11) is 6.70. The lowest BCUT2D eigenvalue weighted by atomic mass is 10.0. The molecule has 0 radical (unpaired) electrons. The van der Waals surface area contributed by atoms with Crippen LogP contribution in [0, 0.1) is 0 Å². The average molecular weight is 497 g/mol. The lowest BCUT2D eigenvalue weighted by molar-refractivity contribution is -0.122. The van der Waals surface area contributed by atoms with Crippen LogP contribution in [0.4, 0.5) is 0 Å². The molecule has 1 fully saturated rings. The average Bonchev–Trinajstić information content (AvgIpc) is 2.81. The van der Waals surface area contributed by atoms with E-state index in [1.807, 2.05) is 0 Å². The predicted molar refractivity (Wildman–Crippen MR) is 155 cm³/mol. The predicted octanol–water partition coefficient (Wildman–Crippen LogP) is 6.57. The fourth-order valence-corrected chi connectivity index (χ4v) is 5.15. The van der Waals surface area contributed by atoms with E-state index in [4.69, 9.17) is 0 Å². The van der Waals surface area contributed by atoms with Gasteiger partial charge in [0, 0.05) is 19.0 Å². The van der Waals surface area contributed by atoms with Crippen LogP contribution >= 0.6 is 0 Å². The Morgan fingerprint density at radius 1 is 0.686 bits per heavy atom. The molecule has 5 nitrogen and oxygen atoms in total. The molecule has 0 aromatic carbocycles. The van der Waals surface area contributed by atoms with E-state index in [0.29, 0.717) is 12.5 Å². The second-order valence-corrected chi connectivity index (χ2v) is 11.0. The molecule has 0 spiro atoms. The van der Waals surface area contributed by atoms with Crippen LogP contribution < -0.4 is 5.32 Å². The van der Waals surface area contributed by atoms with Gasteiger partial charge in [-0.25, -0.2) is 0 Å². The standard InChI is InChI=1S/C29H60N4O.CH4/c1-5-6-7-8-9-10-11-12-13-14-15-20-28-27-29(34)30-21-18-24-31(2)22-16-17-23-32(3)25-19-26-33(28)4;/h28H,5-27H2,1-4H3,(H,30,34);1H4. The SMILES string of the molecule is C.CCCCCCCCCCCCCC1CC(=O)NCCCN(C)CCCCN(C)CCCN1C. The van der Waals surface area contributed by atoms with Crippen molar-refractivity contribution in [3.05, 3.63) is 0 Å². The van der Waals surface area contributed by atoms with Crippen LogP contribution in [0.5, 0.6) is 0 Å². The zero-order chi connectivity index (χ0) is 24.9. The van der Waals surface area contributed by atoms with Crippen LogP contribution in [0.2, 0.25) is 0 Å². The normalized spacial score (nSPS) is 21.3. The zero-order valence-electron chi connectivity index (χ0n) is 23.6. The highest BCUT2D eigenvalue weighted by molar-refractivity contribution is 5.76. The molecule has 1 aliphatic rings. The molecule has 0 aromatic rings. The van der Waals surface area contributed by atoms with Crippen LogP contribution in [-0.2, 0) is 4.79 Å².